The van der Waals surface area contributed by atoms with Crippen molar-refractivity contribution in [2.45, 2.75) is 31.7 Å². The van der Waals surface area contributed by atoms with Crippen molar-refractivity contribution in [2.75, 3.05) is 20.8 Å². The summed E-state index contributed by atoms with van der Waals surface area (Å²) < 4.78 is 10.5. The van der Waals surface area contributed by atoms with E-state index in [4.69, 9.17) is 15.2 Å². The van der Waals surface area contributed by atoms with Gasteiger partial charge in [0.05, 0.1) is 14.2 Å². The largest absolute Gasteiger partial charge is 0.493 e. The van der Waals surface area contributed by atoms with Gasteiger partial charge in [-0.2, -0.15) is 0 Å². The Balaban J connectivity index is 3.21. The molecule has 4 heteroatoms. The van der Waals surface area contributed by atoms with E-state index in [9.17, 15) is 5.11 Å². The van der Waals surface area contributed by atoms with Gasteiger partial charge in [0.2, 0.25) is 0 Å². The smallest absolute Gasteiger partial charge is 0.161 e. The van der Waals surface area contributed by atoms with E-state index >= 15 is 0 Å². The molecular formula is C14H23NO3. The highest BCUT2D eigenvalue weighted by molar-refractivity contribution is 5.45. The molecule has 1 aromatic rings. The molecule has 18 heavy (non-hydrogen) atoms. The summed E-state index contributed by atoms with van der Waals surface area (Å²) in [5.74, 6) is 1.37. The zero-order chi connectivity index (χ0) is 13.8. The highest BCUT2D eigenvalue weighted by Crippen LogP contribution is 2.36. The van der Waals surface area contributed by atoms with Crippen molar-refractivity contribution in [2.24, 2.45) is 5.73 Å². The van der Waals surface area contributed by atoms with Crippen LogP contribution in [0.4, 0.5) is 0 Å². The van der Waals surface area contributed by atoms with E-state index in [2.05, 4.69) is 6.92 Å². The zero-order valence-corrected chi connectivity index (χ0v) is 11.6. The summed E-state index contributed by atoms with van der Waals surface area (Å²) in [5, 5.41) is 9.23. The Labute approximate surface area is 109 Å². The van der Waals surface area contributed by atoms with Crippen molar-refractivity contribution in [1.29, 1.82) is 0 Å². The van der Waals surface area contributed by atoms with Crippen molar-refractivity contribution >= 4 is 0 Å². The Hall–Kier alpha value is -1.26. The molecule has 0 aliphatic carbocycles. The topological polar surface area (TPSA) is 64.7 Å². The van der Waals surface area contributed by atoms with Gasteiger partial charge in [-0.05, 0) is 31.0 Å². The summed E-state index contributed by atoms with van der Waals surface area (Å²) in [6.07, 6.45) is 0.611. The average molecular weight is 253 g/mol. The van der Waals surface area contributed by atoms with Crippen molar-refractivity contribution in [3.05, 3.63) is 23.8 Å². The lowest BCUT2D eigenvalue weighted by molar-refractivity contribution is 0.229. The first kappa shape index (κ1) is 14.8. The third kappa shape index (κ3) is 2.76. The van der Waals surface area contributed by atoms with Crippen molar-refractivity contribution in [3.8, 4) is 11.5 Å². The molecule has 0 aliphatic rings. The Morgan fingerprint density at radius 1 is 1.28 bits per heavy atom. The standard InChI is InChI=1S/C14H23NO3/c1-10(15)14(2,7-8-16)11-5-6-12(17-3)13(9-11)18-4/h5-6,9-10,16H,7-8,15H2,1-4H3. The van der Waals surface area contributed by atoms with Crippen LogP contribution < -0.4 is 15.2 Å². The van der Waals surface area contributed by atoms with Gasteiger partial charge in [0.15, 0.2) is 11.5 Å². The fourth-order valence-electron chi connectivity index (χ4n) is 2.06. The maximum atomic E-state index is 9.23. The van der Waals surface area contributed by atoms with Gasteiger partial charge >= 0.3 is 0 Å². The second kappa shape index (κ2) is 6.07. The van der Waals surface area contributed by atoms with Gasteiger partial charge in [-0.25, -0.2) is 0 Å². The Morgan fingerprint density at radius 2 is 1.89 bits per heavy atom. The van der Waals surface area contributed by atoms with Crippen LogP contribution in [0.1, 0.15) is 25.8 Å². The number of aliphatic hydroxyl groups is 1. The van der Waals surface area contributed by atoms with Crippen LogP contribution in [0.5, 0.6) is 11.5 Å². The molecule has 2 unspecified atom stereocenters. The van der Waals surface area contributed by atoms with Crippen LogP contribution >= 0.6 is 0 Å². The molecule has 1 aromatic carbocycles. The summed E-state index contributed by atoms with van der Waals surface area (Å²) in [4.78, 5) is 0. The van der Waals surface area contributed by atoms with Crippen LogP contribution in [0.25, 0.3) is 0 Å². The molecule has 0 amide bonds. The molecule has 0 saturated heterocycles. The highest BCUT2D eigenvalue weighted by atomic mass is 16.5. The third-order valence-corrected chi connectivity index (χ3v) is 3.68. The molecule has 0 saturated carbocycles. The monoisotopic (exact) mass is 253 g/mol. The molecule has 4 nitrogen and oxygen atoms in total. The molecule has 0 heterocycles. The van der Waals surface area contributed by atoms with E-state index < -0.39 is 0 Å². The molecule has 0 aliphatic heterocycles. The van der Waals surface area contributed by atoms with E-state index in [-0.39, 0.29) is 18.1 Å². The quantitative estimate of drug-likeness (QED) is 0.809. The number of hydrogen-bond donors (Lipinski definition) is 2. The predicted molar refractivity (Wildman–Crippen MR) is 72.3 cm³/mol. The van der Waals surface area contributed by atoms with Crippen molar-refractivity contribution in [1.82, 2.24) is 0 Å². The summed E-state index contributed by atoms with van der Waals surface area (Å²) in [5.41, 5.74) is 6.83. The summed E-state index contributed by atoms with van der Waals surface area (Å²) in [7, 11) is 3.22. The second-order valence-electron chi connectivity index (χ2n) is 4.75. The van der Waals surface area contributed by atoms with Gasteiger partial charge in [0.25, 0.3) is 0 Å². The number of hydrogen-bond acceptors (Lipinski definition) is 4. The number of nitrogens with two attached hydrogens (primary N) is 1. The molecule has 3 N–H and O–H groups in total. The minimum atomic E-state index is -0.283. The molecule has 0 aromatic heterocycles. The minimum Gasteiger partial charge on any atom is -0.493 e. The third-order valence-electron chi connectivity index (χ3n) is 3.68. The number of ether oxygens (including phenoxy) is 2. The molecule has 0 fully saturated rings. The van der Waals surface area contributed by atoms with Crippen LogP contribution in [-0.4, -0.2) is 32.0 Å². The second-order valence-corrected chi connectivity index (χ2v) is 4.75. The average Bonchev–Trinajstić information content (AvgIpc) is 2.37. The predicted octanol–water partition coefficient (Wildman–Crippen LogP) is 1.69. The molecule has 2 atom stereocenters. The van der Waals surface area contributed by atoms with Gasteiger partial charge in [-0.3, -0.25) is 0 Å². The Kier molecular flexibility index (Phi) is 4.99. The number of rotatable bonds is 6. The lowest BCUT2D eigenvalue weighted by Gasteiger charge is -2.34. The summed E-state index contributed by atoms with van der Waals surface area (Å²) in [6, 6.07) is 5.70. The van der Waals surface area contributed by atoms with Gasteiger partial charge in [0.1, 0.15) is 0 Å². The molecule has 0 radical (unpaired) electrons. The van der Waals surface area contributed by atoms with Gasteiger partial charge in [0, 0.05) is 18.1 Å². The van der Waals surface area contributed by atoms with Crippen LogP contribution in [0, 0.1) is 0 Å². The Morgan fingerprint density at radius 3 is 2.33 bits per heavy atom. The normalized spacial score (nSPS) is 15.9. The van der Waals surface area contributed by atoms with E-state index in [1.165, 1.54) is 0 Å². The molecule has 1 rings (SSSR count). The van der Waals surface area contributed by atoms with Gasteiger partial charge in [-0.1, -0.05) is 13.0 Å². The van der Waals surface area contributed by atoms with E-state index in [0.717, 1.165) is 5.56 Å². The van der Waals surface area contributed by atoms with Crippen LogP contribution in [0.2, 0.25) is 0 Å². The lowest BCUT2D eigenvalue weighted by atomic mass is 9.74. The fraction of sp³-hybridized carbons (Fsp3) is 0.571. The minimum absolute atomic E-state index is 0.0669. The van der Waals surface area contributed by atoms with Gasteiger partial charge < -0.3 is 20.3 Å². The van der Waals surface area contributed by atoms with Gasteiger partial charge in [-0.15, -0.1) is 0 Å². The zero-order valence-electron chi connectivity index (χ0n) is 11.6. The SMILES string of the molecule is COc1ccc(C(C)(CCO)C(C)N)cc1OC. The first-order valence-corrected chi connectivity index (χ1v) is 6.08. The molecule has 0 spiro atoms. The maximum absolute atomic E-state index is 9.23. The van der Waals surface area contributed by atoms with E-state index in [1.54, 1.807) is 14.2 Å². The lowest BCUT2D eigenvalue weighted by Crippen LogP contribution is -2.41. The van der Waals surface area contributed by atoms with Crippen LogP contribution in [0.15, 0.2) is 18.2 Å². The fourth-order valence-corrected chi connectivity index (χ4v) is 2.06. The highest BCUT2D eigenvalue weighted by Gasteiger charge is 2.31. The van der Waals surface area contributed by atoms with Crippen molar-refractivity contribution in [3.63, 3.8) is 0 Å². The first-order valence-electron chi connectivity index (χ1n) is 6.08. The summed E-state index contributed by atoms with van der Waals surface area (Å²) in [6.45, 7) is 4.11. The maximum Gasteiger partial charge on any atom is 0.161 e. The van der Waals surface area contributed by atoms with Crippen LogP contribution in [-0.2, 0) is 5.41 Å². The number of methoxy groups -OCH3 is 2. The van der Waals surface area contributed by atoms with E-state index in [0.29, 0.717) is 17.9 Å². The summed E-state index contributed by atoms with van der Waals surface area (Å²) >= 11 is 0. The molecular weight excluding hydrogens is 230 g/mol. The number of aliphatic hydroxyl groups excluding tert-OH is 1. The van der Waals surface area contributed by atoms with Crippen molar-refractivity contribution < 1.29 is 14.6 Å². The van der Waals surface area contributed by atoms with Crippen LogP contribution in [0.3, 0.4) is 0 Å². The Bertz CT molecular complexity index is 393. The molecule has 0 bridgehead atoms. The molecule has 102 valence electrons. The first-order chi connectivity index (χ1) is 8.49. The van der Waals surface area contributed by atoms with E-state index in [1.807, 2.05) is 25.1 Å². The number of benzene rings is 1.